The number of esters is 1. The zero-order valence-electron chi connectivity index (χ0n) is 9.85. The van der Waals surface area contributed by atoms with Crippen LogP contribution in [0.4, 0.5) is 8.78 Å². The summed E-state index contributed by atoms with van der Waals surface area (Å²) in [6.45, 7) is 5.02. The van der Waals surface area contributed by atoms with Gasteiger partial charge in [-0.25, -0.2) is 13.6 Å². The molecule has 0 aromatic rings. The predicted octanol–water partition coefficient (Wildman–Crippen LogP) is 2.27. The lowest BCUT2D eigenvalue weighted by atomic mass is 9.83. The Hall–Kier alpha value is -0.710. The van der Waals surface area contributed by atoms with Crippen LogP contribution in [0.5, 0.6) is 0 Å². The minimum Gasteiger partial charge on any atom is -0.458 e. The zero-order chi connectivity index (χ0) is 12.6. The summed E-state index contributed by atoms with van der Waals surface area (Å²) in [5.41, 5.74) is -2.46. The highest BCUT2D eigenvalue weighted by atomic mass is 19.3. The summed E-state index contributed by atoms with van der Waals surface area (Å²) in [6.07, 6.45) is -1.42. The highest BCUT2D eigenvalue weighted by molar-refractivity contribution is 5.79. The van der Waals surface area contributed by atoms with Crippen molar-refractivity contribution in [2.45, 2.75) is 63.6 Å². The van der Waals surface area contributed by atoms with Crippen LogP contribution in [-0.2, 0) is 9.53 Å². The van der Waals surface area contributed by atoms with Crippen molar-refractivity contribution < 1.29 is 23.4 Å². The van der Waals surface area contributed by atoms with Gasteiger partial charge in [-0.15, -0.1) is 0 Å². The van der Waals surface area contributed by atoms with Gasteiger partial charge >= 0.3 is 5.97 Å². The van der Waals surface area contributed by atoms with Gasteiger partial charge in [0.1, 0.15) is 5.60 Å². The molecule has 5 heteroatoms. The minimum absolute atomic E-state index is 0.241. The van der Waals surface area contributed by atoms with Crippen LogP contribution in [-0.4, -0.2) is 28.2 Å². The van der Waals surface area contributed by atoms with Gasteiger partial charge in [0.05, 0.1) is 0 Å². The third-order valence-corrected chi connectivity index (χ3v) is 2.59. The van der Waals surface area contributed by atoms with Crippen LogP contribution >= 0.6 is 0 Å². The summed E-state index contributed by atoms with van der Waals surface area (Å²) in [5, 5.41) is 9.93. The van der Waals surface area contributed by atoms with E-state index in [1.54, 1.807) is 20.8 Å². The van der Waals surface area contributed by atoms with Crippen LogP contribution in [0, 0.1) is 0 Å². The molecule has 3 nitrogen and oxygen atoms in total. The molecule has 0 aromatic heterocycles. The molecule has 0 spiro atoms. The number of alkyl halides is 2. The number of carbonyl (C=O) groups is 1. The van der Waals surface area contributed by atoms with E-state index in [9.17, 15) is 18.7 Å². The summed E-state index contributed by atoms with van der Waals surface area (Å²) in [6, 6.07) is 0. The molecule has 0 radical (unpaired) electrons. The van der Waals surface area contributed by atoms with Crippen LogP contribution in [0.25, 0.3) is 0 Å². The third-order valence-electron chi connectivity index (χ3n) is 2.59. The van der Waals surface area contributed by atoms with Crippen molar-refractivity contribution in [2.75, 3.05) is 0 Å². The Labute approximate surface area is 93.8 Å². The Morgan fingerprint density at radius 3 is 2.00 bits per heavy atom. The van der Waals surface area contributed by atoms with Crippen LogP contribution < -0.4 is 0 Å². The second-order valence-electron chi connectivity index (χ2n) is 5.39. The Kier molecular flexibility index (Phi) is 3.29. The predicted molar refractivity (Wildman–Crippen MR) is 54.2 cm³/mol. The molecule has 0 atom stereocenters. The topological polar surface area (TPSA) is 46.5 Å². The number of ether oxygens (including phenoxy) is 1. The smallest absolute Gasteiger partial charge is 0.338 e. The standard InChI is InChI=1S/C11H18F2O3/c1-9(2,3)16-8(14)10(15)4-6-11(12,13)7-5-10/h15H,4-7H2,1-3H3. The number of hydrogen-bond acceptors (Lipinski definition) is 3. The van der Waals surface area contributed by atoms with Crippen LogP contribution in [0.1, 0.15) is 46.5 Å². The molecule has 1 aliphatic rings. The first-order valence-electron chi connectivity index (χ1n) is 5.38. The summed E-state index contributed by atoms with van der Waals surface area (Å²) in [5.74, 6) is -3.57. The molecule has 0 bridgehead atoms. The molecule has 1 fully saturated rings. The van der Waals surface area contributed by atoms with Crippen molar-refractivity contribution in [1.29, 1.82) is 0 Å². The van der Waals surface area contributed by atoms with Crippen LogP contribution in [0.3, 0.4) is 0 Å². The molecule has 1 rings (SSSR count). The molecule has 94 valence electrons. The first kappa shape index (κ1) is 13.4. The maximum atomic E-state index is 12.9. The zero-order valence-corrected chi connectivity index (χ0v) is 9.85. The van der Waals surface area contributed by atoms with Crippen molar-refractivity contribution in [3.63, 3.8) is 0 Å². The van der Waals surface area contributed by atoms with Crippen molar-refractivity contribution >= 4 is 5.97 Å². The van der Waals surface area contributed by atoms with Gasteiger partial charge in [0.25, 0.3) is 0 Å². The number of halogens is 2. The van der Waals surface area contributed by atoms with Gasteiger partial charge in [-0.3, -0.25) is 0 Å². The fraction of sp³-hybridized carbons (Fsp3) is 0.909. The molecule has 1 aliphatic carbocycles. The maximum absolute atomic E-state index is 12.9. The lowest BCUT2D eigenvalue weighted by molar-refractivity contribution is -0.187. The largest absolute Gasteiger partial charge is 0.458 e. The van der Waals surface area contributed by atoms with Crippen LogP contribution in [0.2, 0.25) is 0 Å². The fourth-order valence-electron chi connectivity index (χ4n) is 1.61. The molecule has 0 amide bonds. The molecule has 0 aliphatic heterocycles. The second kappa shape index (κ2) is 3.95. The molecule has 0 aromatic carbocycles. The molecule has 1 N–H and O–H groups in total. The summed E-state index contributed by atoms with van der Waals surface area (Å²) < 4.78 is 30.8. The van der Waals surface area contributed by atoms with E-state index in [0.717, 1.165) is 0 Å². The van der Waals surface area contributed by atoms with Crippen molar-refractivity contribution in [3.8, 4) is 0 Å². The van der Waals surface area contributed by atoms with E-state index in [4.69, 9.17) is 4.74 Å². The number of aliphatic hydroxyl groups is 1. The van der Waals surface area contributed by atoms with E-state index in [2.05, 4.69) is 0 Å². The molecule has 0 unspecified atom stereocenters. The Bertz CT molecular complexity index is 271. The van der Waals surface area contributed by atoms with E-state index in [-0.39, 0.29) is 12.8 Å². The lowest BCUT2D eigenvalue weighted by Crippen LogP contribution is -2.48. The fourth-order valence-corrected chi connectivity index (χ4v) is 1.61. The molecule has 0 saturated heterocycles. The van der Waals surface area contributed by atoms with Gasteiger partial charge in [-0.2, -0.15) is 0 Å². The Morgan fingerprint density at radius 1 is 1.19 bits per heavy atom. The molecule has 1 saturated carbocycles. The van der Waals surface area contributed by atoms with E-state index in [0.29, 0.717) is 0 Å². The first-order chi connectivity index (χ1) is 7.04. The van der Waals surface area contributed by atoms with Gasteiger partial charge in [-0.05, 0) is 33.6 Å². The van der Waals surface area contributed by atoms with Gasteiger partial charge in [0, 0.05) is 12.8 Å². The van der Waals surface area contributed by atoms with Crippen molar-refractivity contribution in [3.05, 3.63) is 0 Å². The highest BCUT2D eigenvalue weighted by Crippen LogP contribution is 2.39. The lowest BCUT2D eigenvalue weighted by Gasteiger charge is -2.35. The summed E-state index contributed by atoms with van der Waals surface area (Å²) in [7, 11) is 0. The molecule has 0 heterocycles. The Morgan fingerprint density at radius 2 is 1.62 bits per heavy atom. The quantitative estimate of drug-likeness (QED) is 0.710. The SMILES string of the molecule is CC(C)(C)OC(=O)C1(O)CCC(F)(F)CC1. The van der Waals surface area contributed by atoms with E-state index in [1.165, 1.54) is 0 Å². The van der Waals surface area contributed by atoms with E-state index in [1.807, 2.05) is 0 Å². The summed E-state index contributed by atoms with van der Waals surface area (Å²) in [4.78, 5) is 11.6. The van der Waals surface area contributed by atoms with Crippen molar-refractivity contribution in [2.24, 2.45) is 0 Å². The Balaban J connectivity index is 2.63. The second-order valence-corrected chi connectivity index (χ2v) is 5.39. The van der Waals surface area contributed by atoms with E-state index >= 15 is 0 Å². The highest BCUT2D eigenvalue weighted by Gasteiger charge is 2.48. The molecule has 16 heavy (non-hydrogen) atoms. The molecular formula is C11H18F2O3. The average Bonchev–Trinajstić information content (AvgIpc) is 2.08. The van der Waals surface area contributed by atoms with Gasteiger partial charge in [0.2, 0.25) is 5.92 Å². The number of carbonyl (C=O) groups excluding carboxylic acids is 1. The number of rotatable bonds is 1. The summed E-state index contributed by atoms with van der Waals surface area (Å²) >= 11 is 0. The van der Waals surface area contributed by atoms with Gasteiger partial charge in [-0.1, -0.05) is 0 Å². The number of hydrogen-bond donors (Lipinski definition) is 1. The minimum atomic E-state index is -2.77. The maximum Gasteiger partial charge on any atom is 0.338 e. The normalized spacial score (nSPS) is 23.9. The van der Waals surface area contributed by atoms with Crippen molar-refractivity contribution in [1.82, 2.24) is 0 Å². The van der Waals surface area contributed by atoms with Gasteiger partial charge < -0.3 is 9.84 Å². The monoisotopic (exact) mass is 236 g/mol. The molecular weight excluding hydrogens is 218 g/mol. The van der Waals surface area contributed by atoms with E-state index < -0.39 is 35.9 Å². The van der Waals surface area contributed by atoms with Gasteiger partial charge in [0.15, 0.2) is 5.60 Å². The van der Waals surface area contributed by atoms with Crippen LogP contribution in [0.15, 0.2) is 0 Å². The average molecular weight is 236 g/mol. The third kappa shape index (κ3) is 3.40. The first-order valence-corrected chi connectivity index (χ1v) is 5.38.